The Bertz CT molecular complexity index is 1150. The van der Waals surface area contributed by atoms with Gasteiger partial charge in [-0.3, -0.25) is 4.79 Å². The van der Waals surface area contributed by atoms with Crippen LogP contribution in [0.3, 0.4) is 0 Å². The van der Waals surface area contributed by atoms with Crippen LogP contribution >= 0.6 is 0 Å². The fourth-order valence-corrected chi connectivity index (χ4v) is 4.61. The standard InChI is InChI=1S/C23H23FN2O3S/c24-19-12-10-18(11-13-19)22-21(17-8-6-16(7-9-17)15-30(28)29)14-25-26(23(22)27)20-4-2-1-3-5-20/h6-14,20,30H,1-5,15H2. The number of halogens is 1. The maximum atomic E-state index is 13.5. The Morgan fingerprint density at radius 1 is 0.933 bits per heavy atom. The van der Waals surface area contributed by atoms with Gasteiger partial charge in [-0.2, -0.15) is 5.10 Å². The molecule has 2 aromatic carbocycles. The van der Waals surface area contributed by atoms with E-state index >= 15 is 0 Å². The summed E-state index contributed by atoms with van der Waals surface area (Å²) in [7, 11) is -2.50. The van der Waals surface area contributed by atoms with Crippen molar-refractivity contribution in [3.8, 4) is 22.3 Å². The Kier molecular flexibility index (Phi) is 6.08. The van der Waals surface area contributed by atoms with E-state index in [1.807, 2.05) is 0 Å². The lowest BCUT2D eigenvalue weighted by atomic mass is 9.94. The van der Waals surface area contributed by atoms with Gasteiger partial charge >= 0.3 is 0 Å². The van der Waals surface area contributed by atoms with Crippen molar-refractivity contribution >= 4 is 10.7 Å². The molecule has 0 spiro atoms. The Hall–Kier alpha value is -2.80. The third kappa shape index (κ3) is 4.36. The highest BCUT2D eigenvalue weighted by Gasteiger charge is 2.22. The number of rotatable bonds is 5. The van der Waals surface area contributed by atoms with Crippen LogP contribution in [0.15, 0.2) is 59.5 Å². The normalized spacial score (nSPS) is 14.9. The maximum Gasteiger partial charge on any atom is 0.275 e. The predicted molar refractivity (Wildman–Crippen MR) is 115 cm³/mol. The molecule has 4 rings (SSSR count). The zero-order valence-electron chi connectivity index (χ0n) is 16.5. The van der Waals surface area contributed by atoms with Gasteiger partial charge in [-0.05, 0) is 41.7 Å². The Labute approximate surface area is 176 Å². The predicted octanol–water partition coefficient (Wildman–Crippen LogP) is 4.33. The molecular weight excluding hydrogens is 403 g/mol. The summed E-state index contributed by atoms with van der Waals surface area (Å²) in [4.78, 5) is 13.5. The average Bonchev–Trinajstić information content (AvgIpc) is 2.75. The Morgan fingerprint density at radius 2 is 1.57 bits per heavy atom. The van der Waals surface area contributed by atoms with E-state index in [0.29, 0.717) is 22.3 Å². The smallest absolute Gasteiger partial charge is 0.267 e. The third-order valence-electron chi connectivity index (χ3n) is 5.63. The van der Waals surface area contributed by atoms with Crippen molar-refractivity contribution in [3.05, 3.63) is 76.5 Å². The lowest BCUT2D eigenvalue weighted by molar-refractivity contribution is 0.319. The van der Waals surface area contributed by atoms with Crippen LogP contribution in [-0.2, 0) is 16.5 Å². The summed E-state index contributed by atoms with van der Waals surface area (Å²) in [5.41, 5.74) is 3.03. The first-order valence-corrected chi connectivity index (χ1v) is 11.5. The summed E-state index contributed by atoms with van der Waals surface area (Å²) in [6, 6.07) is 13.0. The highest BCUT2D eigenvalue weighted by atomic mass is 32.2. The van der Waals surface area contributed by atoms with Gasteiger partial charge in [-0.25, -0.2) is 17.5 Å². The number of thiol groups is 1. The zero-order chi connectivity index (χ0) is 21.1. The largest absolute Gasteiger partial charge is 0.275 e. The molecule has 1 aliphatic carbocycles. The first-order valence-electron chi connectivity index (χ1n) is 10.1. The summed E-state index contributed by atoms with van der Waals surface area (Å²) in [6.45, 7) is 0. The first kappa shape index (κ1) is 20.5. The molecule has 0 aliphatic heterocycles. The molecule has 1 aliphatic rings. The minimum absolute atomic E-state index is 0.0258. The molecule has 0 atom stereocenters. The van der Waals surface area contributed by atoms with E-state index < -0.39 is 10.7 Å². The lowest BCUT2D eigenvalue weighted by Crippen LogP contribution is -2.30. The molecule has 7 heteroatoms. The molecule has 0 bridgehead atoms. The van der Waals surface area contributed by atoms with Gasteiger partial charge in [0.15, 0.2) is 0 Å². The van der Waals surface area contributed by atoms with Gasteiger partial charge in [0.2, 0.25) is 0 Å². The Morgan fingerprint density at radius 3 is 2.20 bits per heavy atom. The van der Waals surface area contributed by atoms with E-state index in [0.717, 1.165) is 31.2 Å². The highest BCUT2D eigenvalue weighted by Crippen LogP contribution is 2.32. The molecule has 0 unspecified atom stereocenters. The molecule has 30 heavy (non-hydrogen) atoms. The number of nitrogens with zero attached hydrogens (tertiary/aromatic N) is 2. The summed E-state index contributed by atoms with van der Waals surface area (Å²) in [6.07, 6.45) is 6.88. The van der Waals surface area contributed by atoms with Gasteiger partial charge in [0, 0.05) is 5.56 Å². The minimum Gasteiger partial charge on any atom is -0.267 e. The van der Waals surface area contributed by atoms with Crippen LogP contribution in [0.4, 0.5) is 4.39 Å². The van der Waals surface area contributed by atoms with Crippen molar-refractivity contribution in [2.75, 3.05) is 0 Å². The van der Waals surface area contributed by atoms with E-state index in [9.17, 15) is 17.6 Å². The third-order valence-corrected chi connectivity index (χ3v) is 6.26. The molecule has 1 fully saturated rings. The topological polar surface area (TPSA) is 69.0 Å². The second-order valence-electron chi connectivity index (χ2n) is 7.67. The van der Waals surface area contributed by atoms with E-state index in [4.69, 9.17) is 0 Å². The molecule has 5 nitrogen and oxygen atoms in total. The van der Waals surface area contributed by atoms with E-state index in [-0.39, 0.29) is 23.2 Å². The number of benzene rings is 2. The maximum absolute atomic E-state index is 13.5. The van der Waals surface area contributed by atoms with Gasteiger partial charge in [0.25, 0.3) is 5.56 Å². The summed E-state index contributed by atoms with van der Waals surface area (Å²) >= 11 is 0. The number of aromatic nitrogens is 2. The summed E-state index contributed by atoms with van der Waals surface area (Å²) in [5.74, 6) is -0.389. The second kappa shape index (κ2) is 8.92. The van der Waals surface area contributed by atoms with Crippen LogP contribution in [0.5, 0.6) is 0 Å². The fourth-order valence-electron chi connectivity index (χ4n) is 4.11. The SMILES string of the molecule is O=c1c(-c2ccc(F)cc2)c(-c2ccc(C[SH](=O)=O)cc2)cnn1C1CCCCC1. The molecule has 0 amide bonds. The van der Waals surface area contributed by atoms with Gasteiger partial charge in [-0.15, -0.1) is 0 Å². The summed E-state index contributed by atoms with van der Waals surface area (Å²) in [5, 5.41) is 4.49. The van der Waals surface area contributed by atoms with Crippen molar-refractivity contribution in [3.63, 3.8) is 0 Å². The van der Waals surface area contributed by atoms with Gasteiger partial charge in [0.1, 0.15) is 16.5 Å². The van der Waals surface area contributed by atoms with Crippen LogP contribution in [-0.4, -0.2) is 18.2 Å². The molecule has 0 N–H and O–H groups in total. The number of hydrogen-bond acceptors (Lipinski definition) is 4. The molecular formula is C23H23FN2O3S. The minimum atomic E-state index is -2.50. The quantitative estimate of drug-likeness (QED) is 0.617. The van der Waals surface area contributed by atoms with Crippen molar-refractivity contribution in [2.24, 2.45) is 0 Å². The van der Waals surface area contributed by atoms with Crippen LogP contribution in [0.1, 0.15) is 43.7 Å². The molecule has 1 aromatic heterocycles. The molecule has 156 valence electrons. The second-order valence-corrected chi connectivity index (χ2v) is 8.65. The molecule has 3 aromatic rings. The van der Waals surface area contributed by atoms with Crippen LogP contribution < -0.4 is 5.56 Å². The van der Waals surface area contributed by atoms with Crippen LogP contribution in [0.25, 0.3) is 22.3 Å². The molecule has 1 heterocycles. The number of hydrogen-bond donors (Lipinski definition) is 1. The van der Waals surface area contributed by atoms with Gasteiger partial charge in [-0.1, -0.05) is 55.7 Å². The molecule has 1 saturated carbocycles. The first-order chi connectivity index (χ1) is 14.5. The molecule has 0 saturated heterocycles. The molecule has 0 radical (unpaired) electrons. The van der Waals surface area contributed by atoms with E-state index in [1.165, 1.54) is 18.6 Å². The van der Waals surface area contributed by atoms with Crippen molar-refractivity contribution in [2.45, 2.75) is 43.9 Å². The van der Waals surface area contributed by atoms with Gasteiger partial charge < -0.3 is 0 Å². The van der Waals surface area contributed by atoms with Gasteiger partial charge in [0.05, 0.1) is 23.6 Å². The summed E-state index contributed by atoms with van der Waals surface area (Å²) < 4.78 is 37.0. The van der Waals surface area contributed by atoms with Crippen molar-refractivity contribution in [1.29, 1.82) is 0 Å². The van der Waals surface area contributed by atoms with Crippen molar-refractivity contribution in [1.82, 2.24) is 9.78 Å². The van der Waals surface area contributed by atoms with Crippen LogP contribution in [0.2, 0.25) is 0 Å². The average molecular weight is 427 g/mol. The van der Waals surface area contributed by atoms with E-state index in [1.54, 1.807) is 47.3 Å². The van der Waals surface area contributed by atoms with Crippen LogP contribution in [0, 0.1) is 5.82 Å². The Balaban J connectivity index is 1.84. The monoisotopic (exact) mass is 426 g/mol. The fraction of sp³-hybridized carbons (Fsp3) is 0.304. The van der Waals surface area contributed by atoms with Crippen molar-refractivity contribution < 1.29 is 12.8 Å². The zero-order valence-corrected chi connectivity index (χ0v) is 17.4. The highest BCUT2D eigenvalue weighted by molar-refractivity contribution is 7.71. The lowest BCUT2D eigenvalue weighted by Gasteiger charge is -2.24. The van der Waals surface area contributed by atoms with E-state index in [2.05, 4.69) is 5.10 Å².